The Morgan fingerprint density at radius 1 is 1.00 bits per heavy atom. The Balaban J connectivity index is 1.44. The van der Waals surface area contributed by atoms with Gasteiger partial charge in [0.15, 0.2) is 5.16 Å². The highest BCUT2D eigenvalue weighted by Crippen LogP contribution is 2.26. The van der Waals surface area contributed by atoms with E-state index in [2.05, 4.69) is 6.92 Å². The van der Waals surface area contributed by atoms with Crippen molar-refractivity contribution in [2.75, 3.05) is 18.8 Å². The molecule has 6 nitrogen and oxygen atoms in total. The summed E-state index contributed by atoms with van der Waals surface area (Å²) in [6, 6.07) is 24.2. The van der Waals surface area contributed by atoms with Gasteiger partial charge in [0.25, 0.3) is 5.56 Å². The van der Waals surface area contributed by atoms with Gasteiger partial charge in [0.2, 0.25) is 5.91 Å². The zero-order valence-electron chi connectivity index (χ0n) is 19.6. The number of nitrogens with zero attached hydrogens (tertiary/aromatic N) is 3. The fraction of sp³-hybridized carbons (Fsp3) is 0.250. The van der Waals surface area contributed by atoms with Gasteiger partial charge in [-0.15, -0.1) is 0 Å². The summed E-state index contributed by atoms with van der Waals surface area (Å²) >= 11 is 1.31. The lowest BCUT2D eigenvalue weighted by Gasteiger charge is -2.30. The van der Waals surface area contributed by atoms with Crippen LogP contribution in [0, 0.1) is 5.92 Å². The van der Waals surface area contributed by atoms with E-state index in [1.54, 1.807) is 10.6 Å². The highest BCUT2D eigenvalue weighted by atomic mass is 32.2. The minimum Gasteiger partial charge on any atom is -0.457 e. The van der Waals surface area contributed by atoms with Gasteiger partial charge in [-0.2, -0.15) is 0 Å². The maximum absolute atomic E-state index is 13.5. The number of hydrogen-bond acceptors (Lipinski definition) is 5. The van der Waals surface area contributed by atoms with E-state index < -0.39 is 0 Å². The second-order valence-corrected chi connectivity index (χ2v) is 9.78. The number of ether oxygens (including phenoxy) is 1. The molecule has 0 bridgehead atoms. The topological polar surface area (TPSA) is 64.4 Å². The van der Waals surface area contributed by atoms with Crippen molar-refractivity contribution in [3.63, 3.8) is 0 Å². The molecule has 1 aromatic heterocycles. The summed E-state index contributed by atoms with van der Waals surface area (Å²) in [5.74, 6) is 2.26. The van der Waals surface area contributed by atoms with Gasteiger partial charge in [-0.05, 0) is 67.3 Å². The smallest absolute Gasteiger partial charge is 0.266 e. The van der Waals surface area contributed by atoms with E-state index in [0.29, 0.717) is 33.4 Å². The first kappa shape index (κ1) is 23.2. The van der Waals surface area contributed by atoms with Crippen molar-refractivity contribution < 1.29 is 9.53 Å². The fourth-order valence-electron chi connectivity index (χ4n) is 4.36. The molecule has 0 radical (unpaired) electrons. The van der Waals surface area contributed by atoms with Gasteiger partial charge in [-0.1, -0.05) is 49.0 Å². The molecule has 7 heteroatoms. The largest absolute Gasteiger partial charge is 0.457 e. The predicted octanol–water partition coefficient (Wildman–Crippen LogP) is 5.53. The average molecular weight is 486 g/mol. The molecule has 0 aliphatic carbocycles. The van der Waals surface area contributed by atoms with Crippen LogP contribution in [-0.2, 0) is 4.79 Å². The number of hydrogen-bond donors (Lipinski definition) is 0. The zero-order chi connectivity index (χ0) is 24.2. The summed E-state index contributed by atoms with van der Waals surface area (Å²) in [4.78, 5) is 33.1. The van der Waals surface area contributed by atoms with Crippen molar-refractivity contribution in [1.82, 2.24) is 14.5 Å². The lowest BCUT2D eigenvalue weighted by molar-refractivity contribution is -0.130. The van der Waals surface area contributed by atoms with E-state index in [1.165, 1.54) is 11.8 Å². The third-order valence-electron chi connectivity index (χ3n) is 6.15. The molecule has 35 heavy (non-hydrogen) atoms. The lowest BCUT2D eigenvalue weighted by atomic mass is 10.0. The maximum atomic E-state index is 13.5. The molecule has 178 valence electrons. The first-order valence-electron chi connectivity index (χ1n) is 11.8. The van der Waals surface area contributed by atoms with Gasteiger partial charge in [-0.25, -0.2) is 4.98 Å². The number of benzene rings is 3. The maximum Gasteiger partial charge on any atom is 0.266 e. The second-order valence-electron chi connectivity index (χ2n) is 8.84. The Morgan fingerprint density at radius 3 is 2.49 bits per heavy atom. The molecule has 0 N–H and O–H groups in total. The Labute approximate surface area is 208 Å². The van der Waals surface area contributed by atoms with Gasteiger partial charge in [0, 0.05) is 13.1 Å². The van der Waals surface area contributed by atoms with Crippen LogP contribution in [-0.4, -0.2) is 39.2 Å². The third-order valence-corrected chi connectivity index (χ3v) is 7.08. The molecule has 0 unspecified atom stereocenters. The van der Waals surface area contributed by atoms with Crippen LogP contribution in [0.15, 0.2) is 88.8 Å². The number of thioether (sulfide) groups is 1. The molecule has 5 rings (SSSR count). The Bertz CT molecular complexity index is 1390. The van der Waals surface area contributed by atoms with Crippen LogP contribution in [0.25, 0.3) is 16.6 Å². The van der Waals surface area contributed by atoms with Crippen molar-refractivity contribution in [3.8, 4) is 17.2 Å². The number of carbonyl (C=O) groups excluding carboxylic acids is 1. The molecule has 1 aliphatic rings. The average Bonchev–Trinajstić information content (AvgIpc) is 2.89. The zero-order valence-corrected chi connectivity index (χ0v) is 20.4. The van der Waals surface area contributed by atoms with E-state index in [0.717, 1.165) is 31.7 Å². The predicted molar refractivity (Wildman–Crippen MR) is 140 cm³/mol. The molecule has 1 fully saturated rings. The van der Waals surface area contributed by atoms with Crippen molar-refractivity contribution in [2.45, 2.75) is 24.9 Å². The monoisotopic (exact) mass is 485 g/mol. The standard InChI is InChI=1S/C28H27N3O3S/c1-20-8-7-17-30(18-20)26(32)19-35-28-29-25-12-6-5-11-24(25)27(33)31(28)21-13-15-23(16-14-21)34-22-9-3-2-4-10-22/h2-6,9-16,20H,7-8,17-19H2,1H3/t20-/m0/s1. The highest BCUT2D eigenvalue weighted by Gasteiger charge is 2.22. The van der Waals surface area contributed by atoms with Crippen LogP contribution in [0.5, 0.6) is 11.5 Å². The van der Waals surface area contributed by atoms with E-state index in [-0.39, 0.29) is 17.2 Å². The van der Waals surface area contributed by atoms with Crippen LogP contribution in [0.2, 0.25) is 0 Å². The van der Waals surface area contributed by atoms with E-state index in [9.17, 15) is 9.59 Å². The van der Waals surface area contributed by atoms with Crippen molar-refractivity contribution in [2.24, 2.45) is 5.92 Å². The molecule has 3 aromatic carbocycles. The summed E-state index contributed by atoms with van der Waals surface area (Å²) in [5.41, 5.74) is 1.14. The molecule has 2 heterocycles. The molecule has 1 aliphatic heterocycles. The minimum absolute atomic E-state index is 0.0853. The number of amides is 1. The van der Waals surface area contributed by atoms with Crippen molar-refractivity contribution >= 4 is 28.6 Å². The van der Waals surface area contributed by atoms with Crippen molar-refractivity contribution in [1.29, 1.82) is 0 Å². The molecule has 1 atom stereocenters. The number of carbonyl (C=O) groups is 1. The molecular formula is C28H27N3O3S. The van der Waals surface area contributed by atoms with Crippen LogP contribution < -0.4 is 10.3 Å². The van der Waals surface area contributed by atoms with Crippen LogP contribution in [0.3, 0.4) is 0 Å². The van der Waals surface area contributed by atoms with Crippen LogP contribution >= 0.6 is 11.8 Å². The van der Waals surface area contributed by atoms with Gasteiger partial charge < -0.3 is 9.64 Å². The minimum atomic E-state index is -0.158. The normalized spacial score (nSPS) is 15.8. The van der Waals surface area contributed by atoms with Crippen LogP contribution in [0.4, 0.5) is 0 Å². The summed E-state index contributed by atoms with van der Waals surface area (Å²) in [5, 5.41) is 1.04. The number of piperidine rings is 1. The van der Waals surface area contributed by atoms with Crippen molar-refractivity contribution in [3.05, 3.63) is 89.2 Å². The molecule has 1 saturated heterocycles. The molecule has 4 aromatic rings. The van der Waals surface area contributed by atoms with Gasteiger partial charge in [0.05, 0.1) is 22.3 Å². The number of fused-ring (bicyclic) bond motifs is 1. The number of likely N-dealkylation sites (tertiary alicyclic amines) is 1. The lowest BCUT2D eigenvalue weighted by Crippen LogP contribution is -2.40. The van der Waals surface area contributed by atoms with Crippen LogP contribution in [0.1, 0.15) is 19.8 Å². The SMILES string of the molecule is C[C@H]1CCCN(C(=O)CSc2nc3ccccc3c(=O)n2-c2ccc(Oc3ccccc3)cc2)C1. The molecular weight excluding hydrogens is 458 g/mol. The molecule has 1 amide bonds. The van der Waals surface area contributed by atoms with Gasteiger partial charge in [0.1, 0.15) is 11.5 Å². The number of aromatic nitrogens is 2. The second kappa shape index (κ2) is 10.4. The molecule has 0 saturated carbocycles. The summed E-state index contributed by atoms with van der Waals surface area (Å²) in [6.45, 7) is 3.77. The number of para-hydroxylation sites is 2. The van der Waals surface area contributed by atoms with E-state index in [4.69, 9.17) is 9.72 Å². The van der Waals surface area contributed by atoms with Gasteiger partial charge in [-0.3, -0.25) is 14.2 Å². The summed E-state index contributed by atoms with van der Waals surface area (Å²) in [6.07, 6.45) is 2.20. The summed E-state index contributed by atoms with van der Waals surface area (Å²) in [7, 11) is 0. The first-order valence-corrected chi connectivity index (χ1v) is 12.8. The fourth-order valence-corrected chi connectivity index (χ4v) is 5.27. The number of rotatable bonds is 6. The van der Waals surface area contributed by atoms with Gasteiger partial charge >= 0.3 is 0 Å². The van der Waals surface area contributed by atoms with E-state index >= 15 is 0 Å². The molecule has 0 spiro atoms. The quantitative estimate of drug-likeness (QED) is 0.265. The Hall–Kier alpha value is -3.58. The van der Waals surface area contributed by atoms with E-state index in [1.807, 2.05) is 77.7 Å². The Kier molecular flexibility index (Phi) is 6.86. The first-order chi connectivity index (χ1) is 17.1. The highest BCUT2D eigenvalue weighted by molar-refractivity contribution is 7.99. The summed E-state index contributed by atoms with van der Waals surface area (Å²) < 4.78 is 7.49. The third kappa shape index (κ3) is 5.25. The Morgan fingerprint density at radius 2 is 1.71 bits per heavy atom.